The van der Waals surface area contributed by atoms with Gasteiger partial charge in [0.1, 0.15) is 5.15 Å². The van der Waals surface area contributed by atoms with Gasteiger partial charge in [0.25, 0.3) is 5.91 Å². The SMILES string of the molecule is CCCc1cc(C(=O)N(C)c2ccc(C)cc2)cc(Cl)n1. The number of hydrogen-bond acceptors (Lipinski definition) is 2. The van der Waals surface area contributed by atoms with Crippen molar-refractivity contribution in [2.24, 2.45) is 0 Å². The van der Waals surface area contributed by atoms with E-state index in [1.165, 1.54) is 0 Å². The van der Waals surface area contributed by atoms with Gasteiger partial charge in [-0.2, -0.15) is 0 Å². The van der Waals surface area contributed by atoms with E-state index in [0.29, 0.717) is 10.7 Å². The lowest BCUT2D eigenvalue weighted by Crippen LogP contribution is -2.26. The number of nitrogens with zero attached hydrogens (tertiary/aromatic N) is 2. The number of hydrogen-bond donors (Lipinski definition) is 0. The van der Waals surface area contributed by atoms with Gasteiger partial charge in [-0.25, -0.2) is 4.98 Å². The molecule has 0 aliphatic rings. The normalized spacial score (nSPS) is 10.5. The van der Waals surface area contributed by atoms with Crippen LogP contribution in [0.4, 0.5) is 5.69 Å². The third-order valence-electron chi connectivity index (χ3n) is 3.33. The van der Waals surface area contributed by atoms with Gasteiger partial charge in [0.05, 0.1) is 0 Å². The van der Waals surface area contributed by atoms with Gasteiger partial charge in [0, 0.05) is 24.0 Å². The minimum Gasteiger partial charge on any atom is -0.311 e. The van der Waals surface area contributed by atoms with E-state index in [1.807, 2.05) is 37.3 Å². The number of pyridine rings is 1. The lowest BCUT2D eigenvalue weighted by molar-refractivity contribution is 0.0993. The number of rotatable bonds is 4. The Hall–Kier alpha value is -1.87. The molecule has 4 heteroatoms. The van der Waals surface area contributed by atoms with Crippen LogP contribution in [0.5, 0.6) is 0 Å². The highest BCUT2D eigenvalue weighted by Crippen LogP contribution is 2.19. The Morgan fingerprint density at radius 2 is 1.90 bits per heavy atom. The van der Waals surface area contributed by atoms with E-state index in [2.05, 4.69) is 11.9 Å². The molecule has 0 bridgehead atoms. The van der Waals surface area contributed by atoms with Crippen molar-refractivity contribution in [3.63, 3.8) is 0 Å². The van der Waals surface area contributed by atoms with Crippen LogP contribution < -0.4 is 4.90 Å². The van der Waals surface area contributed by atoms with Gasteiger partial charge in [-0.3, -0.25) is 4.79 Å². The summed E-state index contributed by atoms with van der Waals surface area (Å²) in [5.41, 5.74) is 3.44. The van der Waals surface area contributed by atoms with Crippen LogP contribution in [0.3, 0.4) is 0 Å². The molecule has 0 aliphatic heterocycles. The third kappa shape index (κ3) is 3.82. The highest BCUT2D eigenvalue weighted by molar-refractivity contribution is 6.29. The lowest BCUT2D eigenvalue weighted by Gasteiger charge is -2.18. The van der Waals surface area contributed by atoms with Crippen LogP contribution in [0.15, 0.2) is 36.4 Å². The number of aromatic nitrogens is 1. The van der Waals surface area contributed by atoms with Gasteiger partial charge >= 0.3 is 0 Å². The van der Waals surface area contributed by atoms with Crippen LogP contribution in [-0.2, 0) is 6.42 Å². The Morgan fingerprint density at radius 1 is 1.24 bits per heavy atom. The summed E-state index contributed by atoms with van der Waals surface area (Å²) in [6, 6.07) is 11.3. The molecule has 0 unspecified atom stereocenters. The summed E-state index contributed by atoms with van der Waals surface area (Å²) >= 11 is 6.02. The van der Waals surface area contributed by atoms with E-state index in [-0.39, 0.29) is 5.91 Å². The van der Waals surface area contributed by atoms with E-state index in [9.17, 15) is 4.79 Å². The van der Waals surface area contributed by atoms with Crippen molar-refractivity contribution < 1.29 is 4.79 Å². The minimum absolute atomic E-state index is 0.0829. The van der Waals surface area contributed by atoms with Gasteiger partial charge in [-0.05, 0) is 37.6 Å². The number of aryl methyl sites for hydroxylation is 2. The van der Waals surface area contributed by atoms with Crippen molar-refractivity contribution in [1.29, 1.82) is 0 Å². The van der Waals surface area contributed by atoms with Gasteiger partial charge in [0.2, 0.25) is 0 Å². The molecule has 0 saturated carbocycles. The minimum atomic E-state index is -0.0829. The molecule has 110 valence electrons. The number of anilines is 1. The average Bonchev–Trinajstić information content (AvgIpc) is 2.46. The molecule has 0 N–H and O–H groups in total. The Morgan fingerprint density at radius 3 is 2.52 bits per heavy atom. The van der Waals surface area contributed by atoms with E-state index >= 15 is 0 Å². The molecule has 1 amide bonds. The average molecular weight is 303 g/mol. The number of halogens is 1. The molecule has 0 fully saturated rings. The highest BCUT2D eigenvalue weighted by atomic mass is 35.5. The van der Waals surface area contributed by atoms with Gasteiger partial charge in [-0.15, -0.1) is 0 Å². The summed E-state index contributed by atoms with van der Waals surface area (Å²) in [4.78, 5) is 18.4. The van der Waals surface area contributed by atoms with Crippen LogP contribution in [-0.4, -0.2) is 17.9 Å². The molecule has 0 aliphatic carbocycles. The first-order chi connectivity index (χ1) is 10.0. The van der Waals surface area contributed by atoms with Crippen LogP contribution in [0.1, 0.15) is 35.0 Å². The van der Waals surface area contributed by atoms with Crippen LogP contribution in [0.2, 0.25) is 5.15 Å². The summed E-state index contributed by atoms with van der Waals surface area (Å²) in [6.45, 7) is 4.09. The van der Waals surface area contributed by atoms with Crippen molar-refractivity contribution >= 4 is 23.2 Å². The maximum Gasteiger partial charge on any atom is 0.258 e. The van der Waals surface area contributed by atoms with E-state index in [4.69, 9.17) is 11.6 Å². The monoisotopic (exact) mass is 302 g/mol. The molecule has 2 aromatic rings. The zero-order valence-electron chi connectivity index (χ0n) is 12.6. The first-order valence-electron chi connectivity index (χ1n) is 7.02. The first kappa shape index (κ1) is 15.5. The highest BCUT2D eigenvalue weighted by Gasteiger charge is 2.15. The summed E-state index contributed by atoms with van der Waals surface area (Å²) in [5.74, 6) is -0.0829. The molecule has 1 aromatic carbocycles. The van der Waals surface area contributed by atoms with Gasteiger partial charge in [-0.1, -0.05) is 42.6 Å². The second-order valence-electron chi connectivity index (χ2n) is 5.12. The fourth-order valence-corrected chi connectivity index (χ4v) is 2.36. The van der Waals surface area contributed by atoms with Crippen molar-refractivity contribution in [2.45, 2.75) is 26.7 Å². The second-order valence-corrected chi connectivity index (χ2v) is 5.51. The zero-order valence-corrected chi connectivity index (χ0v) is 13.3. The third-order valence-corrected chi connectivity index (χ3v) is 3.52. The fraction of sp³-hybridized carbons (Fsp3) is 0.294. The smallest absolute Gasteiger partial charge is 0.258 e. The zero-order chi connectivity index (χ0) is 15.4. The number of amides is 1. The molecule has 1 aromatic heterocycles. The predicted molar refractivity (Wildman–Crippen MR) is 87.2 cm³/mol. The largest absolute Gasteiger partial charge is 0.311 e. The Balaban J connectivity index is 2.28. The van der Waals surface area contributed by atoms with Crippen molar-refractivity contribution in [2.75, 3.05) is 11.9 Å². The molecular formula is C17H19ClN2O. The van der Waals surface area contributed by atoms with Gasteiger partial charge in [0.15, 0.2) is 0 Å². The summed E-state index contributed by atoms with van der Waals surface area (Å²) in [7, 11) is 1.76. The molecule has 0 atom stereocenters. The predicted octanol–water partition coefficient (Wildman–Crippen LogP) is 4.27. The molecule has 3 nitrogen and oxygen atoms in total. The maximum atomic E-state index is 12.6. The number of carbonyl (C=O) groups excluding carboxylic acids is 1. The number of carbonyl (C=O) groups is 1. The molecule has 1 heterocycles. The van der Waals surface area contributed by atoms with Crippen molar-refractivity contribution in [1.82, 2.24) is 4.98 Å². The quantitative estimate of drug-likeness (QED) is 0.790. The molecule has 21 heavy (non-hydrogen) atoms. The van der Waals surface area contributed by atoms with Crippen LogP contribution in [0, 0.1) is 6.92 Å². The summed E-state index contributed by atoms with van der Waals surface area (Å²) < 4.78 is 0. The topological polar surface area (TPSA) is 33.2 Å². The van der Waals surface area contributed by atoms with E-state index < -0.39 is 0 Å². The van der Waals surface area contributed by atoms with E-state index in [0.717, 1.165) is 29.8 Å². The molecular weight excluding hydrogens is 284 g/mol. The standard InChI is InChI=1S/C17H19ClN2O/c1-4-5-14-10-13(11-16(18)19-14)17(21)20(3)15-8-6-12(2)7-9-15/h6-11H,4-5H2,1-3H3. The van der Waals surface area contributed by atoms with Crippen LogP contribution in [0.25, 0.3) is 0 Å². The van der Waals surface area contributed by atoms with Crippen LogP contribution >= 0.6 is 11.6 Å². The lowest BCUT2D eigenvalue weighted by atomic mass is 10.1. The van der Waals surface area contributed by atoms with E-state index in [1.54, 1.807) is 18.0 Å². The summed E-state index contributed by atoms with van der Waals surface area (Å²) in [6.07, 6.45) is 1.78. The molecule has 0 radical (unpaired) electrons. The molecule has 2 rings (SSSR count). The second kappa shape index (κ2) is 6.72. The number of benzene rings is 1. The molecule has 0 saturated heterocycles. The Kier molecular flexibility index (Phi) is 4.97. The maximum absolute atomic E-state index is 12.6. The Bertz CT molecular complexity index is 638. The summed E-state index contributed by atoms with van der Waals surface area (Å²) in [5, 5.41) is 0.363. The first-order valence-corrected chi connectivity index (χ1v) is 7.40. The van der Waals surface area contributed by atoms with Gasteiger partial charge < -0.3 is 4.90 Å². The fourth-order valence-electron chi connectivity index (χ4n) is 2.14. The van der Waals surface area contributed by atoms with Crippen molar-refractivity contribution in [3.8, 4) is 0 Å². The van der Waals surface area contributed by atoms with Crippen molar-refractivity contribution in [3.05, 3.63) is 58.4 Å². The Labute approximate surface area is 130 Å². The molecule has 0 spiro atoms.